The van der Waals surface area contributed by atoms with Crippen molar-refractivity contribution in [1.82, 2.24) is 5.32 Å². The summed E-state index contributed by atoms with van der Waals surface area (Å²) in [6.45, 7) is 7.34. The summed E-state index contributed by atoms with van der Waals surface area (Å²) in [6.07, 6.45) is 10.1. The molecule has 2 bridgehead atoms. The highest BCUT2D eigenvalue weighted by molar-refractivity contribution is 6.05. The van der Waals surface area contributed by atoms with Crippen LogP contribution >= 0.6 is 0 Å². The third-order valence-corrected chi connectivity index (χ3v) is 8.24. The third kappa shape index (κ3) is 6.04. The molecule has 7 nitrogen and oxygen atoms in total. The van der Waals surface area contributed by atoms with Crippen molar-refractivity contribution in [2.24, 2.45) is 5.92 Å². The molecule has 2 aliphatic rings. The minimum Gasteiger partial charge on any atom is -0.508 e. The fourth-order valence-electron chi connectivity index (χ4n) is 6.00. The van der Waals surface area contributed by atoms with E-state index in [1.165, 1.54) is 44.2 Å². The van der Waals surface area contributed by atoms with E-state index in [0.717, 1.165) is 30.0 Å². The summed E-state index contributed by atoms with van der Waals surface area (Å²) in [5.41, 5.74) is 3.11. The van der Waals surface area contributed by atoms with E-state index in [1.807, 2.05) is 39.0 Å². The van der Waals surface area contributed by atoms with Crippen molar-refractivity contribution in [3.8, 4) is 11.5 Å². The molecule has 3 N–H and O–H groups in total. The Morgan fingerprint density at radius 3 is 2.69 bits per heavy atom. The molecule has 0 atom stereocenters. The molecule has 0 unspecified atom stereocenters. The Morgan fingerprint density at radius 1 is 1.18 bits per heavy atom. The number of hydrogen-bond acceptors (Lipinski definition) is 6. The molecule has 2 fully saturated rings. The molecule has 0 spiro atoms. The Balaban J connectivity index is 1.22. The highest BCUT2D eigenvalue weighted by Gasteiger charge is 2.43. The number of aromatic hydroxyl groups is 1. The van der Waals surface area contributed by atoms with Crippen molar-refractivity contribution in [2.75, 3.05) is 18.5 Å². The number of phenolic OH excluding ortho intramolecular Hbond substituents is 1. The van der Waals surface area contributed by atoms with Crippen LogP contribution in [0.15, 0.2) is 57.3 Å². The van der Waals surface area contributed by atoms with Crippen LogP contribution in [0.2, 0.25) is 0 Å². The van der Waals surface area contributed by atoms with Gasteiger partial charge in [0, 0.05) is 22.1 Å². The van der Waals surface area contributed by atoms with Crippen molar-refractivity contribution in [1.29, 1.82) is 0 Å². The first kappa shape index (κ1) is 27.0. The van der Waals surface area contributed by atoms with Gasteiger partial charge in [-0.3, -0.25) is 4.79 Å². The van der Waals surface area contributed by atoms with Crippen LogP contribution in [0.4, 0.5) is 5.69 Å². The Morgan fingerprint density at radius 2 is 1.97 bits per heavy atom. The lowest BCUT2D eigenvalue weighted by atomic mass is 9.94. The lowest BCUT2D eigenvalue weighted by molar-refractivity contribution is 0.102. The molecule has 206 valence electrons. The van der Waals surface area contributed by atoms with Gasteiger partial charge < -0.3 is 24.9 Å². The quantitative estimate of drug-likeness (QED) is 0.163. The first-order valence-corrected chi connectivity index (χ1v) is 13.9. The molecule has 2 aliphatic carbocycles. The van der Waals surface area contributed by atoms with Crippen LogP contribution in [0.5, 0.6) is 11.5 Å². The summed E-state index contributed by atoms with van der Waals surface area (Å²) in [7, 11) is 0. The van der Waals surface area contributed by atoms with Crippen LogP contribution in [-0.2, 0) is 6.42 Å². The van der Waals surface area contributed by atoms with Crippen LogP contribution in [0.3, 0.4) is 0 Å². The van der Waals surface area contributed by atoms with E-state index in [-0.39, 0.29) is 11.4 Å². The molecule has 0 radical (unpaired) electrons. The van der Waals surface area contributed by atoms with E-state index in [1.54, 1.807) is 12.1 Å². The highest BCUT2D eigenvalue weighted by atomic mass is 16.5. The second kappa shape index (κ2) is 11.3. The molecular weight excluding hydrogens is 492 g/mol. The van der Waals surface area contributed by atoms with E-state index in [4.69, 9.17) is 9.15 Å². The van der Waals surface area contributed by atoms with Crippen molar-refractivity contribution in [3.63, 3.8) is 0 Å². The molecule has 1 aromatic heterocycles. The number of hydrogen-bond donors (Lipinski definition) is 3. The number of nitrogens with one attached hydrogen (secondary N) is 2. The topological polar surface area (TPSA) is 101 Å². The SMILES string of the molecule is CC(C)=CCc1cc(C(=O)Nc2cc3ccc(OCCCNC45CCC(CC4)C5)c(C)c3oc2=O)ccc1O. The smallest absolute Gasteiger partial charge is 0.360 e. The molecule has 5 rings (SSSR count). The van der Waals surface area contributed by atoms with Gasteiger partial charge in [-0.2, -0.15) is 0 Å². The lowest BCUT2D eigenvalue weighted by Gasteiger charge is -2.28. The predicted molar refractivity (Wildman–Crippen MR) is 154 cm³/mol. The van der Waals surface area contributed by atoms with Gasteiger partial charge in [0.15, 0.2) is 0 Å². The number of ether oxygens (including phenoxy) is 1. The molecule has 0 aliphatic heterocycles. The van der Waals surface area contributed by atoms with Crippen LogP contribution in [0, 0.1) is 12.8 Å². The van der Waals surface area contributed by atoms with Crippen LogP contribution < -0.4 is 21.0 Å². The van der Waals surface area contributed by atoms with Crippen LogP contribution in [-0.4, -0.2) is 29.7 Å². The predicted octanol–water partition coefficient (Wildman–Crippen LogP) is 6.26. The molecule has 0 saturated heterocycles. The van der Waals surface area contributed by atoms with Gasteiger partial charge in [0.2, 0.25) is 0 Å². The zero-order valence-electron chi connectivity index (χ0n) is 23.1. The summed E-state index contributed by atoms with van der Waals surface area (Å²) in [5.74, 6) is 1.29. The first-order valence-electron chi connectivity index (χ1n) is 13.9. The number of amides is 1. The summed E-state index contributed by atoms with van der Waals surface area (Å²) in [4.78, 5) is 25.7. The van der Waals surface area contributed by atoms with Gasteiger partial charge in [-0.25, -0.2) is 4.79 Å². The molecule has 1 heterocycles. The van der Waals surface area contributed by atoms with Crippen LogP contribution in [0.1, 0.15) is 73.9 Å². The largest absolute Gasteiger partial charge is 0.508 e. The number of carbonyl (C=O) groups is 1. The van der Waals surface area contributed by atoms with Gasteiger partial charge in [0.05, 0.1) is 6.61 Å². The maximum atomic E-state index is 12.9. The first-order chi connectivity index (χ1) is 18.7. The molecule has 7 heteroatoms. The van der Waals surface area contributed by atoms with E-state index in [9.17, 15) is 14.7 Å². The van der Waals surface area contributed by atoms with Gasteiger partial charge in [0.25, 0.3) is 5.91 Å². The molecular formula is C32H38N2O5. The Bertz CT molecular complexity index is 1460. The van der Waals surface area contributed by atoms with Crippen molar-refractivity contribution in [2.45, 2.75) is 71.3 Å². The number of anilines is 1. The number of rotatable bonds is 10. The average molecular weight is 531 g/mol. The van der Waals surface area contributed by atoms with Gasteiger partial charge >= 0.3 is 5.63 Å². The average Bonchev–Trinajstić information content (AvgIpc) is 3.51. The van der Waals surface area contributed by atoms with E-state index in [0.29, 0.717) is 46.4 Å². The molecule has 39 heavy (non-hydrogen) atoms. The highest BCUT2D eigenvalue weighted by Crippen LogP contribution is 2.47. The van der Waals surface area contributed by atoms with Gasteiger partial charge in [-0.05, 0) is 120 Å². The van der Waals surface area contributed by atoms with Crippen molar-refractivity contribution >= 4 is 22.6 Å². The third-order valence-electron chi connectivity index (χ3n) is 8.24. The van der Waals surface area contributed by atoms with E-state index >= 15 is 0 Å². The lowest BCUT2D eigenvalue weighted by Crippen LogP contribution is -2.41. The van der Waals surface area contributed by atoms with Crippen molar-refractivity contribution < 1.29 is 19.1 Å². The van der Waals surface area contributed by atoms with Gasteiger partial charge in [-0.15, -0.1) is 0 Å². The van der Waals surface area contributed by atoms with E-state index < -0.39 is 11.5 Å². The number of carbonyl (C=O) groups excluding carboxylic acids is 1. The minimum atomic E-state index is -0.630. The summed E-state index contributed by atoms with van der Waals surface area (Å²) in [6, 6.07) is 9.99. The zero-order chi connectivity index (χ0) is 27.6. The maximum Gasteiger partial charge on any atom is 0.360 e. The van der Waals surface area contributed by atoms with Gasteiger partial charge in [-0.1, -0.05) is 11.6 Å². The van der Waals surface area contributed by atoms with E-state index in [2.05, 4.69) is 10.6 Å². The van der Waals surface area contributed by atoms with Crippen molar-refractivity contribution in [3.05, 3.63) is 75.2 Å². The summed E-state index contributed by atoms with van der Waals surface area (Å²) >= 11 is 0. The Hall–Kier alpha value is -3.58. The number of fused-ring (bicyclic) bond motifs is 3. The number of benzene rings is 2. The molecule has 2 aromatic carbocycles. The Labute approximate surface area is 229 Å². The molecule has 3 aromatic rings. The summed E-state index contributed by atoms with van der Waals surface area (Å²) < 4.78 is 11.7. The fraction of sp³-hybridized carbons (Fsp3) is 0.438. The Kier molecular flexibility index (Phi) is 7.80. The van der Waals surface area contributed by atoms with Gasteiger partial charge in [0.1, 0.15) is 22.8 Å². The molecule has 1 amide bonds. The monoisotopic (exact) mass is 530 g/mol. The zero-order valence-corrected chi connectivity index (χ0v) is 23.1. The number of phenols is 1. The number of aryl methyl sites for hydroxylation is 1. The maximum absolute atomic E-state index is 12.9. The minimum absolute atomic E-state index is 0.0611. The summed E-state index contributed by atoms with van der Waals surface area (Å²) in [5, 5.41) is 17.3. The molecule has 2 saturated carbocycles. The second-order valence-corrected chi connectivity index (χ2v) is 11.4. The standard InChI is InChI=1S/C32H38N2O5/c1-20(2)5-6-23-17-25(7-9-27(23)35)30(36)34-26-18-24-8-10-28(21(3)29(24)39-31(26)37)38-16-4-15-33-32-13-11-22(19-32)12-14-32/h5,7-10,17-18,22,33,35H,4,6,11-16,19H2,1-3H3,(H,34,36). The normalized spacial score (nSPS) is 19.8. The fourth-order valence-corrected chi connectivity index (χ4v) is 6.00. The second-order valence-electron chi connectivity index (χ2n) is 11.4. The van der Waals surface area contributed by atoms with Crippen LogP contribution in [0.25, 0.3) is 11.0 Å². The number of allylic oxidation sites excluding steroid dienone is 2.